The van der Waals surface area contributed by atoms with Crippen molar-refractivity contribution >= 4 is 15.9 Å². The van der Waals surface area contributed by atoms with Crippen LogP contribution in [0, 0.1) is 0 Å². The lowest BCUT2D eigenvalue weighted by atomic mass is 10.1. The maximum absolute atomic E-state index is 12.7. The quantitative estimate of drug-likeness (QED) is 0.844. The summed E-state index contributed by atoms with van der Waals surface area (Å²) in [5.41, 5.74) is 1.71. The van der Waals surface area contributed by atoms with Crippen LogP contribution in [0.4, 0.5) is 5.69 Å². The van der Waals surface area contributed by atoms with Crippen LogP contribution >= 0.6 is 0 Å². The number of rotatable bonds is 6. The van der Waals surface area contributed by atoms with Gasteiger partial charge in [0.1, 0.15) is 0 Å². The van der Waals surface area contributed by atoms with Gasteiger partial charge in [0.25, 0.3) is 0 Å². The Balaban J connectivity index is 2.20. The molecule has 1 aromatic carbocycles. The molecule has 0 aromatic heterocycles. The van der Waals surface area contributed by atoms with Crippen molar-refractivity contribution in [1.82, 2.24) is 9.62 Å². The zero-order valence-corrected chi connectivity index (χ0v) is 13.6. The van der Waals surface area contributed by atoms with Crippen LogP contribution in [0.1, 0.15) is 31.7 Å². The van der Waals surface area contributed by atoms with E-state index in [4.69, 9.17) is 0 Å². The molecule has 1 fully saturated rings. The van der Waals surface area contributed by atoms with E-state index in [2.05, 4.69) is 10.0 Å². The van der Waals surface area contributed by atoms with Crippen molar-refractivity contribution in [3.63, 3.8) is 0 Å². The number of anilines is 1. The van der Waals surface area contributed by atoms with Gasteiger partial charge < -0.3 is 5.32 Å². The van der Waals surface area contributed by atoms with Gasteiger partial charge in [-0.1, -0.05) is 31.5 Å². The molecule has 5 nitrogen and oxygen atoms in total. The molecule has 0 spiro atoms. The number of benzene rings is 1. The summed E-state index contributed by atoms with van der Waals surface area (Å²) in [7, 11) is -1.64. The van der Waals surface area contributed by atoms with Crippen LogP contribution in [-0.4, -0.2) is 38.9 Å². The van der Waals surface area contributed by atoms with E-state index < -0.39 is 10.2 Å². The van der Waals surface area contributed by atoms with Gasteiger partial charge in [0.05, 0.1) is 5.69 Å². The van der Waals surface area contributed by atoms with Crippen molar-refractivity contribution in [3.8, 4) is 0 Å². The monoisotopic (exact) mass is 311 g/mol. The van der Waals surface area contributed by atoms with Gasteiger partial charge in [0.2, 0.25) is 0 Å². The Morgan fingerprint density at radius 3 is 2.76 bits per heavy atom. The molecule has 2 rings (SSSR count). The van der Waals surface area contributed by atoms with Crippen molar-refractivity contribution in [2.24, 2.45) is 0 Å². The first-order valence-corrected chi connectivity index (χ1v) is 9.04. The summed E-state index contributed by atoms with van der Waals surface area (Å²) in [6.07, 6.45) is 3.73. The maximum Gasteiger partial charge on any atom is 0.301 e. The van der Waals surface area contributed by atoms with Gasteiger partial charge in [-0.2, -0.15) is 12.7 Å². The smallest absolute Gasteiger partial charge is 0.301 e. The van der Waals surface area contributed by atoms with Gasteiger partial charge in [-0.05, 0) is 37.9 Å². The van der Waals surface area contributed by atoms with Crippen LogP contribution in [0.3, 0.4) is 0 Å². The largest absolute Gasteiger partial charge is 0.318 e. The summed E-state index contributed by atoms with van der Waals surface area (Å²) in [5, 5.41) is 3.09. The number of nitrogens with zero attached hydrogens (tertiary/aromatic N) is 1. The molecular formula is C15H25N3O2S. The maximum atomic E-state index is 12.7. The lowest BCUT2D eigenvalue weighted by Crippen LogP contribution is -2.50. The van der Waals surface area contributed by atoms with Crippen LogP contribution in [0.5, 0.6) is 0 Å². The average molecular weight is 311 g/mol. The van der Waals surface area contributed by atoms with E-state index in [0.717, 1.165) is 31.2 Å². The fraction of sp³-hybridized carbons (Fsp3) is 0.600. The van der Waals surface area contributed by atoms with E-state index in [9.17, 15) is 8.42 Å². The number of hydrogen-bond donors (Lipinski definition) is 2. The zero-order chi connectivity index (χ0) is 15.3. The molecule has 1 saturated heterocycles. The number of likely N-dealkylation sites (N-methyl/N-ethyl adjacent to an activating group) is 1. The third-order valence-corrected chi connectivity index (χ3v) is 5.53. The third kappa shape index (κ3) is 3.96. The molecule has 118 valence electrons. The summed E-state index contributed by atoms with van der Waals surface area (Å²) in [5.74, 6) is 0. The Bertz CT molecular complexity index is 558. The first-order chi connectivity index (χ1) is 10.1. The first-order valence-electron chi connectivity index (χ1n) is 7.60. The highest BCUT2D eigenvalue weighted by atomic mass is 32.2. The fourth-order valence-electron chi connectivity index (χ4n) is 2.86. The molecule has 2 N–H and O–H groups in total. The molecular weight excluding hydrogens is 286 g/mol. The van der Waals surface area contributed by atoms with Crippen LogP contribution in [-0.2, 0) is 16.6 Å². The molecule has 0 amide bonds. The number of hydrogen-bond acceptors (Lipinski definition) is 3. The molecule has 0 bridgehead atoms. The third-order valence-electron chi connectivity index (χ3n) is 3.96. The highest BCUT2D eigenvalue weighted by Gasteiger charge is 2.32. The molecule has 1 unspecified atom stereocenters. The lowest BCUT2D eigenvalue weighted by molar-refractivity contribution is 0.250. The SMILES string of the molecule is CCc1ccccc1NS(=O)(=O)N1CCCCC1CNC. The second kappa shape index (κ2) is 7.24. The second-order valence-corrected chi connectivity index (χ2v) is 7.06. The number of piperidine rings is 1. The summed E-state index contributed by atoms with van der Waals surface area (Å²) in [6, 6.07) is 7.61. The zero-order valence-electron chi connectivity index (χ0n) is 12.8. The standard InChI is InChI=1S/C15H25N3O2S/c1-3-13-8-4-5-10-15(13)17-21(19,20)18-11-7-6-9-14(18)12-16-2/h4-5,8,10,14,16-17H,3,6-7,9,11-12H2,1-2H3. The minimum Gasteiger partial charge on any atom is -0.318 e. The summed E-state index contributed by atoms with van der Waals surface area (Å²) >= 11 is 0. The summed E-state index contributed by atoms with van der Waals surface area (Å²) < 4.78 is 29.8. The van der Waals surface area contributed by atoms with E-state index in [1.807, 2.05) is 38.2 Å². The molecule has 1 atom stereocenters. The normalized spacial score (nSPS) is 20.4. The van der Waals surface area contributed by atoms with E-state index in [0.29, 0.717) is 18.8 Å². The van der Waals surface area contributed by atoms with Crippen molar-refractivity contribution in [1.29, 1.82) is 0 Å². The van der Waals surface area contributed by atoms with Crippen molar-refractivity contribution < 1.29 is 8.42 Å². The van der Waals surface area contributed by atoms with Crippen LogP contribution in [0.2, 0.25) is 0 Å². The van der Waals surface area contributed by atoms with Crippen LogP contribution < -0.4 is 10.0 Å². The van der Waals surface area contributed by atoms with E-state index in [-0.39, 0.29) is 6.04 Å². The predicted molar refractivity (Wildman–Crippen MR) is 86.6 cm³/mol. The average Bonchev–Trinajstić information content (AvgIpc) is 2.48. The summed E-state index contributed by atoms with van der Waals surface area (Å²) in [4.78, 5) is 0. The Kier molecular flexibility index (Phi) is 5.61. The lowest BCUT2D eigenvalue weighted by Gasteiger charge is -2.34. The fourth-order valence-corrected chi connectivity index (χ4v) is 4.39. The Hall–Kier alpha value is -1.11. The van der Waals surface area contributed by atoms with Gasteiger partial charge in [-0.15, -0.1) is 0 Å². The number of para-hydroxylation sites is 1. The number of nitrogens with one attached hydrogen (secondary N) is 2. The molecule has 6 heteroatoms. The van der Waals surface area contributed by atoms with Gasteiger partial charge in [0, 0.05) is 19.1 Å². The van der Waals surface area contributed by atoms with E-state index in [1.165, 1.54) is 0 Å². The molecule has 1 aromatic rings. The van der Waals surface area contributed by atoms with Gasteiger partial charge in [-0.25, -0.2) is 0 Å². The minimum absolute atomic E-state index is 0.0371. The molecule has 0 radical (unpaired) electrons. The molecule has 0 saturated carbocycles. The summed E-state index contributed by atoms with van der Waals surface area (Å²) in [6.45, 7) is 3.31. The topological polar surface area (TPSA) is 61.4 Å². The minimum atomic E-state index is -3.50. The van der Waals surface area contributed by atoms with Crippen molar-refractivity contribution in [2.45, 2.75) is 38.6 Å². The predicted octanol–water partition coefficient (Wildman–Crippen LogP) is 1.98. The first kappa shape index (κ1) is 16.3. The van der Waals surface area contributed by atoms with Crippen molar-refractivity contribution in [2.75, 3.05) is 24.9 Å². The molecule has 1 aliphatic heterocycles. The Morgan fingerprint density at radius 2 is 2.05 bits per heavy atom. The molecule has 0 aliphatic carbocycles. The Labute approximate surface area is 127 Å². The highest BCUT2D eigenvalue weighted by molar-refractivity contribution is 7.90. The van der Waals surface area contributed by atoms with E-state index in [1.54, 1.807) is 4.31 Å². The van der Waals surface area contributed by atoms with Crippen molar-refractivity contribution in [3.05, 3.63) is 29.8 Å². The Morgan fingerprint density at radius 1 is 1.29 bits per heavy atom. The molecule has 1 aliphatic rings. The van der Waals surface area contributed by atoms with Gasteiger partial charge >= 0.3 is 10.2 Å². The molecule has 21 heavy (non-hydrogen) atoms. The van der Waals surface area contributed by atoms with E-state index >= 15 is 0 Å². The van der Waals surface area contributed by atoms with Gasteiger partial charge in [0.15, 0.2) is 0 Å². The van der Waals surface area contributed by atoms with Crippen LogP contribution in [0.25, 0.3) is 0 Å². The van der Waals surface area contributed by atoms with Crippen LogP contribution in [0.15, 0.2) is 24.3 Å². The highest BCUT2D eigenvalue weighted by Crippen LogP contribution is 2.23. The number of aryl methyl sites for hydroxylation is 1. The van der Waals surface area contributed by atoms with Gasteiger partial charge in [-0.3, -0.25) is 4.72 Å². The molecule has 1 heterocycles. The second-order valence-electron chi connectivity index (χ2n) is 5.44.